The second-order valence-electron chi connectivity index (χ2n) is 4.51. The summed E-state index contributed by atoms with van der Waals surface area (Å²) in [4.78, 5) is 11.7. The van der Waals surface area contributed by atoms with E-state index in [1.54, 1.807) is 43.5 Å². The van der Waals surface area contributed by atoms with E-state index in [4.69, 9.17) is 4.74 Å². The first-order valence-electron chi connectivity index (χ1n) is 6.56. The fourth-order valence-corrected chi connectivity index (χ4v) is 1.80. The minimum Gasteiger partial charge on any atom is -0.497 e. The van der Waals surface area contributed by atoms with Crippen molar-refractivity contribution < 1.29 is 13.9 Å². The molecular formula is C16H17FN2O2. The van der Waals surface area contributed by atoms with Gasteiger partial charge in [0.15, 0.2) is 0 Å². The summed E-state index contributed by atoms with van der Waals surface area (Å²) >= 11 is 0. The Morgan fingerprint density at radius 2 is 1.76 bits per heavy atom. The summed E-state index contributed by atoms with van der Waals surface area (Å²) in [6.07, 6.45) is 0. The van der Waals surface area contributed by atoms with Crippen LogP contribution in [0.1, 0.15) is 5.56 Å². The fourth-order valence-electron chi connectivity index (χ4n) is 1.80. The first-order chi connectivity index (χ1) is 10.2. The van der Waals surface area contributed by atoms with Gasteiger partial charge in [-0.1, -0.05) is 12.1 Å². The minimum absolute atomic E-state index is 0.137. The third kappa shape index (κ3) is 4.89. The molecule has 0 radical (unpaired) electrons. The van der Waals surface area contributed by atoms with Crippen LogP contribution in [0.4, 0.5) is 10.1 Å². The topological polar surface area (TPSA) is 50.4 Å². The third-order valence-corrected chi connectivity index (χ3v) is 2.90. The summed E-state index contributed by atoms with van der Waals surface area (Å²) in [6, 6.07) is 13.3. The van der Waals surface area contributed by atoms with Gasteiger partial charge in [-0.25, -0.2) is 4.39 Å². The summed E-state index contributed by atoms with van der Waals surface area (Å²) in [7, 11) is 1.59. The summed E-state index contributed by atoms with van der Waals surface area (Å²) in [5, 5.41) is 5.78. The van der Waals surface area contributed by atoms with Crippen LogP contribution in [0.2, 0.25) is 0 Å². The molecule has 0 heterocycles. The highest BCUT2D eigenvalue weighted by Gasteiger charge is 2.02. The Kier molecular flexibility index (Phi) is 5.29. The zero-order chi connectivity index (χ0) is 15.1. The molecule has 2 aromatic rings. The van der Waals surface area contributed by atoms with E-state index >= 15 is 0 Å². The van der Waals surface area contributed by atoms with Crippen LogP contribution in [0.25, 0.3) is 0 Å². The average molecular weight is 288 g/mol. The number of methoxy groups -OCH3 is 1. The van der Waals surface area contributed by atoms with Gasteiger partial charge in [0.25, 0.3) is 0 Å². The Bertz CT molecular complexity index is 582. The summed E-state index contributed by atoms with van der Waals surface area (Å²) in [6.45, 7) is 0.694. The van der Waals surface area contributed by atoms with Crippen molar-refractivity contribution in [1.29, 1.82) is 0 Å². The van der Waals surface area contributed by atoms with Gasteiger partial charge in [0.1, 0.15) is 11.6 Å². The Labute approximate surface area is 122 Å². The number of hydrogen-bond acceptors (Lipinski definition) is 3. The van der Waals surface area contributed by atoms with Crippen molar-refractivity contribution in [2.24, 2.45) is 0 Å². The minimum atomic E-state index is -0.268. The molecule has 0 aliphatic rings. The Morgan fingerprint density at radius 1 is 1.10 bits per heavy atom. The van der Waals surface area contributed by atoms with Crippen LogP contribution in [-0.4, -0.2) is 19.6 Å². The molecule has 110 valence electrons. The number of nitrogens with one attached hydrogen (secondary N) is 2. The van der Waals surface area contributed by atoms with Crippen LogP contribution < -0.4 is 15.4 Å². The molecule has 0 aliphatic heterocycles. The van der Waals surface area contributed by atoms with Crippen LogP contribution in [-0.2, 0) is 11.3 Å². The second kappa shape index (κ2) is 7.40. The number of carbonyl (C=O) groups excluding carboxylic acids is 1. The van der Waals surface area contributed by atoms with Crippen LogP contribution in [0.5, 0.6) is 5.75 Å². The van der Waals surface area contributed by atoms with E-state index in [2.05, 4.69) is 10.6 Å². The molecule has 1 amide bonds. The van der Waals surface area contributed by atoms with Crippen LogP contribution >= 0.6 is 0 Å². The molecule has 0 atom stereocenters. The summed E-state index contributed by atoms with van der Waals surface area (Å²) in [5.74, 6) is 0.334. The van der Waals surface area contributed by atoms with Gasteiger partial charge in [-0.15, -0.1) is 0 Å². The number of carbonyl (C=O) groups is 1. The van der Waals surface area contributed by atoms with Crippen LogP contribution in [0, 0.1) is 5.82 Å². The largest absolute Gasteiger partial charge is 0.497 e. The normalized spacial score (nSPS) is 10.2. The number of amides is 1. The smallest absolute Gasteiger partial charge is 0.238 e. The van der Waals surface area contributed by atoms with Crippen LogP contribution in [0.3, 0.4) is 0 Å². The lowest BCUT2D eigenvalue weighted by molar-refractivity contribution is -0.115. The zero-order valence-corrected chi connectivity index (χ0v) is 11.7. The van der Waals surface area contributed by atoms with Crippen LogP contribution in [0.15, 0.2) is 48.5 Å². The highest BCUT2D eigenvalue weighted by molar-refractivity contribution is 5.92. The maximum absolute atomic E-state index is 12.7. The lowest BCUT2D eigenvalue weighted by Gasteiger charge is -2.07. The van der Waals surface area contributed by atoms with E-state index in [-0.39, 0.29) is 18.3 Å². The van der Waals surface area contributed by atoms with Gasteiger partial charge in [0.05, 0.1) is 13.7 Å². The van der Waals surface area contributed by atoms with E-state index < -0.39 is 0 Å². The predicted octanol–water partition coefficient (Wildman–Crippen LogP) is 2.56. The van der Waals surface area contributed by atoms with Crippen molar-refractivity contribution in [1.82, 2.24) is 5.32 Å². The Hall–Kier alpha value is -2.40. The quantitative estimate of drug-likeness (QED) is 0.859. The molecule has 0 unspecified atom stereocenters. The zero-order valence-electron chi connectivity index (χ0n) is 11.7. The number of rotatable bonds is 6. The van der Waals surface area contributed by atoms with E-state index in [1.807, 2.05) is 0 Å². The molecule has 0 bridgehead atoms. The van der Waals surface area contributed by atoms with Gasteiger partial charge in [0.2, 0.25) is 5.91 Å². The molecule has 2 aromatic carbocycles. The van der Waals surface area contributed by atoms with Crippen molar-refractivity contribution in [3.63, 3.8) is 0 Å². The van der Waals surface area contributed by atoms with Gasteiger partial charge in [-0.2, -0.15) is 0 Å². The molecule has 21 heavy (non-hydrogen) atoms. The molecule has 5 heteroatoms. The maximum Gasteiger partial charge on any atom is 0.238 e. The van der Waals surface area contributed by atoms with E-state index in [0.29, 0.717) is 12.2 Å². The number of halogens is 1. The number of hydrogen-bond donors (Lipinski definition) is 2. The van der Waals surface area contributed by atoms with E-state index in [9.17, 15) is 9.18 Å². The first kappa shape index (κ1) is 15.0. The lowest BCUT2D eigenvalue weighted by atomic mass is 10.2. The molecule has 2 rings (SSSR count). The highest BCUT2D eigenvalue weighted by Crippen LogP contribution is 2.14. The molecular weight excluding hydrogens is 271 g/mol. The highest BCUT2D eigenvalue weighted by atomic mass is 19.1. The van der Waals surface area contributed by atoms with E-state index in [0.717, 1.165) is 11.3 Å². The van der Waals surface area contributed by atoms with Gasteiger partial charge >= 0.3 is 0 Å². The molecule has 4 nitrogen and oxygen atoms in total. The number of ether oxygens (including phenoxy) is 1. The predicted molar refractivity (Wildman–Crippen MR) is 79.7 cm³/mol. The van der Waals surface area contributed by atoms with Gasteiger partial charge in [0, 0.05) is 12.2 Å². The van der Waals surface area contributed by atoms with Gasteiger partial charge in [-0.3, -0.25) is 4.79 Å². The standard InChI is InChI=1S/C16H17FN2O2/c1-21-15-8-6-14(7-9-15)19-16(20)11-18-10-12-2-4-13(17)5-3-12/h2-9,18H,10-11H2,1H3,(H,19,20). The maximum atomic E-state index is 12.7. The van der Waals surface area contributed by atoms with Crippen molar-refractivity contribution >= 4 is 11.6 Å². The fraction of sp³-hybridized carbons (Fsp3) is 0.188. The Balaban J connectivity index is 1.75. The average Bonchev–Trinajstić information content (AvgIpc) is 2.50. The first-order valence-corrected chi connectivity index (χ1v) is 6.56. The molecule has 0 saturated carbocycles. The van der Waals surface area contributed by atoms with Gasteiger partial charge in [-0.05, 0) is 42.0 Å². The SMILES string of the molecule is COc1ccc(NC(=O)CNCc2ccc(F)cc2)cc1. The molecule has 0 saturated heterocycles. The van der Waals surface area contributed by atoms with Crippen molar-refractivity contribution in [3.8, 4) is 5.75 Å². The second-order valence-corrected chi connectivity index (χ2v) is 4.51. The summed E-state index contributed by atoms with van der Waals surface area (Å²) in [5.41, 5.74) is 1.64. The van der Waals surface area contributed by atoms with Gasteiger partial charge < -0.3 is 15.4 Å². The lowest BCUT2D eigenvalue weighted by Crippen LogP contribution is -2.27. The Morgan fingerprint density at radius 3 is 2.38 bits per heavy atom. The molecule has 2 N–H and O–H groups in total. The molecule has 0 spiro atoms. The number of benzene rings is 2. The molecule has 0 aliphatic carbocycles. The van der Waals surface area contributed by atoms with Crippen molar-refractivity contribution in [2.75, 3.05) is 19.0 Å². The summed E-state index contributed by atoms with van der Waals surface area (Å²) < 4.78 is 17.8. The van der Waals surface area contributed by atoms with Crippen molar-refractivity contribution in [2.45, 2.75) is 6.54 Å². The molecule has 0 aromatic heterocycles. The third-order valence-electron chi connectivity index (χ3n) is 2.90. The number of anilines is 1. The monoisotopic (exact) mass is 288 g/mol. The molecule has 0 fully saturated rings. The van der Waals surface area contributed by atoms with Crippen molar-refractivity contribution in [3.05, 3.63) is 59.9 Å². The van der Waals surface area contributed by atoms with E-state index in [1.165, 1.54) is 12.1 Å².